The molecule has 4 atom stereocenters. The molecule has 0 radical (unpaired) electrons. The standard InChI is InChI=1S/C38H53N9O8/c39-31(48)27(14-7-8-16-43-37(54)55-23-25-12-5-2-6-13-25)44-33(50)29(18-24-10-3-1-4-11-24)46-32(49)28(15-9-17-42-35(40)41)45-34(51)30(47-36(52)53)22-38-19-26(20-38)21-38/h1-6,10-13,26-30,47H,7-9,14-23H2,(H2,39,48)(H,43,54)(H,44,50)(H,45,51)(H,46,49)(H,52,53)(H4,40,41,42). The molecule has 3 fully saturated rings. The summed E-state index contributed by atoms with van der Waals surface area (Å²) >= 11 is 0. The van der Waals surface area contributed by atoms with Gasteiger partial charge >= 0.3 is 12.2 Å². The van der Waals surface area contributed by atoms with Gasteiger partial charge in [-0.3, -0.25) is 24.2 Å². The second-order valence-electron chi connectivity index (χ2n) is 14.4. The Labute approximate surface area is 320 Å². The van der Waals surface area contributed by atoms with Crippen molar-refractivity contribution in [2.75, 3.05) is 13.1 Å². The van der Waals surface area contributed by atoms with Crippen LogP contribution in [0.1, 0.15) is 68.9 Å². The summed E-state index contributed by atoms with van der Waals surface area (Å²) in [6.07, 6.45) is 2.60. The number of amides is 6. The zero-order valence-electron chi connectivity index (χ0n) is 30.8. The summed E-state index contributed by atoms with van der Waals surface area (Å²) in [5.74, 6) is -2.35. The van der Waals surface area contributed by atoms with Crippen LogP contribution in [0.5, 0.6) is 0 Å². The molecule has 2 aromatic carbocycles. The van der Waals surface area contributed by atoms with Crippen molar-refractivity contribution < 1.29 is 38.6 Å². The molecule has 298 valence electrons. The molecule has 3 aliphatic carbocycles. The van der Waals surface area contributed by atoms with Crippen LogP contribution in [-0.4, -0.2) is 84.1 Å². The molecular weight excluding hydrogens is 710 g/mol. The van der Waals surface area contributed by atoms with E-state index < -0.39 is 60.0 Å². The fraction of sp³-hybridized carbons (Fsp3) is 0.500. The van der Waals surface area contributed by atoms with E-state index in [1.165, 1.54) is 0 Å². The molecule has 3 aliphatic rings. The van der Waals surface area contributed by atoms with Crippen molar-refractivity contribution in [2.24, 2.45) is 33.5 Å². The molecule has 3 saturated carbocycles. The van der Waals surface area contributed by atoms with Gasteiger partial charge in [-0.2, -0.15) is 0 Å². The Bertz CT molecular complexity index is 1640. The number of carbonyl (C=O) groups excluding carboxylic acids is 5. The highest BCUT2D eigenvalue weighted by Crippen LogP contribution is 2.66. The molecule has 6 amide bonds. The zero-order valence-corrected chi connectivity index (χ0v) is 30.8. The maximum atomic E-state index is 13.9. The third kappa shape index (κ3) is 13.8. The average molecular weight is 764 g/mol. The smallest absolute Gasteiger partial charge is 0.407 e. The number of benzene rings is 2. The molecule has 0 aromatic heterocycles. The summed E-state index contributed by atoms with van der Waals surface area (Å²) < 4.78 is 5.20. The van der Waals surface area contributed by atoms with Crippen molar-refractivity contribution in [3.8, 4) is 0 Å². The monoisotopic (exact) mass is 763 g/mol. The van der Waals surface area contributed by atoms with E-state index in [4.69, 9.17) is 21.9 Å². The number of ether oxygens (including phenoxy) is 1. The fourth-order valence-corrected chi connectivity index (χ4v) is 7.07. The summed E-state index contributed by atoms with van der Waals surface area (Å²) in [7, 11) is 0. The minimum atomic E-state index is -1.36. The Morgan fingerprint density at radius 2 is 1.29 bits per heavy atom. The number of carbonyl (C=O) groups is 6. The molecule has 17 heteroatoms. The SMILES string of the molecule is NC(=O)C(CCCCNC(=O)OCc1ccccc1)NC(=O)C(Cc1ccccc1)NC(=O)C(CCCN=C(N)N)NC(=O)C(CC12CC(C1)C2)NC(=O)O. The first-order valence-electron chi connectivity index (χ1n) is 18.6. The largest absolute Gasteiger partial charge is 0.465 e. The predicted molar refractivity (Wildman–Crippen MR) is 203 cm³/mol. The van der Waals surface area contributed by atoms with Gasteiger partial charge in [0.25, 0.3) is 0 Å². The molecule has 4 unspecified atom stereocenters. The zero-order chi connectivity index (χ0) is 39.8. The van der Waals surface area contributed by atoms with E-state index in [1.807, 2.05) is 30.3 Å². The van der Waals surface area contributed by atoms with Gasteiger partial charge in [0.2, 0.25) is 23.6 Å². The van der Waals surface area contributed by atoms with Gasteiger partial charge in [-0.25, -0.2) is 9.59 Å². The number of alkyl carbamates (subject to hydrolysis) is 1. The van der Waals surface area contributed by atoms with Gasteiger partial charge < -0.3 is 53.6 Å². The Morgan fingerprint density at radius 3 is 1.87 bits per heavy atom. The molecule has 5 rings (SSSR count). The molecule has 0 heterocycles. The first-order chi connectivity index (χ1) is 26.3. The average Bonchev–Trinajstić information content (AvgIpc) is 3.11. The maximum absolute atomic E-state index is 13.9. The van der Waals surface area contributed by atoms with Crippen molar-refractivity contribution in [1.82, 2.24) is 26.6 Å². The van der Waals surface area contributed by atoms with Crippen LogP contribution in [0.25, 0.3) is 0 Å². The van der Waals surface area contributed by atoms with Crippen LogP contribution in [0.3, 0.4) is 0 Å². The van der Waals surface area contributed by atoms with Gasteiger partial charge in [0.05, 0.1) is 0 Å². The van der Waals surface area contributed by atoms with E-state index in [-0.39, 0.29) is 56.8 Å². The lowest BCUT2D eigenvalue weighted by molar-refractivity contribution is -0.139. The number of guanidine groups is 1. The number of nitrogens with zero attached hydrogens (tertiary/aromatic N) is 1. The first kappa shape index (κ1) is 41.9. The van der Waals surface area contributed by atoms with Crippen molar-refractivity contribution in [3.05, 3.63) is 71.8 Å². The molecule has 12 N–H and O–H groups in total. The van der Waals surface area contributed by atoms with E-state index in [9.17, 15) is 33.9 Å². The number of carboxylic acid groups (broad SMARTS) is 1. The van der Waals surface area contributed by atoms with Gasteiger partial charge in [0.15, 0.2) is 5.96 Å². The van der Waals surface area contributed by atoms with Crippen molar-refractivity contribution in [2.45, 2.75) is 95.0 Å². The van der Waals surface area contributed by atoms with E-state index in [1.54, 1.807) is 30.3 Å². The highest BCUT2D eigenvalue weighted by Gasteiger charge is 2.57. The topological polar surface area (TPSA) is 282 Å². The number of aliphatic imine (C=N–C) groups is 1. The summed E-state index contributed by atoms with van der Waals surface area (Å²) in [5.41, 5.74) is 18.0. The summed E-state index contributed by atoms with van der Waals surface area (Å²) in [5, 5.41) is 22.5. The highest BCUT2D eigenvalue weighted by atomic mass is 16.5. The number of hydrogen-bond donors (Lipinski definition) is 9. The van der Waals surface area contributed by atoms with Crippen molar-refractivity contribution >= 4 is 41.8 Å². The Kier molecular flexibility index (Phi) is 15.6. The molecule has 55 heavy (non-hydrogen) atoms. The Morgan fingerprint density at radius 1 is 0.727 bits per heavy atom. The molecule has 17 nitrogen and oxygen atoms in total. The number of hydrogen-bond acceptors (Lipinski definition) is 8. The molecular formula is C38H53N9O8. The fourth-order valence-electron chi connectivity index (χ4n) is 7.07. The summed E-state index contributed by atoms with van der Waals surface area (Å²) in [4.78, 5) is 81.3. The summed E-state index contributed by atoms with van der Waals surface area (Å²) in [6.45, 7) is 0.542. The van der Waals surface area contributed by atoms with Gasteiger partial charge in [-0.15, -0.1) is 0 Å². The predicted octanol–water partition coefficient (Wildman–Crippen LogP) is 1.15. The minimum absolute atomic E-state index is 0.0421. The van der Waals surface area contributed by atoms with Gasteiger partial charge in [-0.1, -0.05) is 60.7 Å². The number of nitrogens with two attached hydrogens (primary N) is 3. The van der Waals surface area contributed by atoms with Crippen LogP contribution in [0.2, 0.25) is 0 Å². The first-order valence-corrected chi connectivity index (χ1v) is 18.6. The van der Waals surface area contributed by atoms with Crippen molar-refractivity contribution in [3.63, 3.8) is 0 Å². The third-order valence-electron chi connectivity index (χ3n) is 9.97. The van der Waals surface area contributed by atoms with Gasteiger partial charge in [0.1, 0.15) is 30.8 Å². The Balaban J connectivity index is 1.38. The number of nitrogens with one attached hydrogen (secondary N) is 5. The normalized spacial score (nSPS) is 18.7. The van der Waals surface area contributed by atoms with E-state index >= 15 is 0 Å². The quantitative estimate of drug-likeness (QED) is 0.0442. The number of primary amides is 1. The lowest BCUT2D eigenvalue weighted by Gasteiger charge is -2.63. The molecule has 2 aromatic rings. The van der Waals surface area contributed by atoms with E-state index in [0.717, 1.165) is 24.8 Å². The van der Waals surface area contributed by atoms with Crippen molar-refractivity contribution in [1.29, 1.82) is 0 Å². The lowest BCUT2D eigenvalue weighted by Crippen LogP contribution is -2.60. The second-order valence-corrected chi connectivity index (χ2v) is 14.4. The van der Waals surface area contributed by atoms with Gasteiger partial charge in [-0.05, 0) is 80.2 Å². The van der Waals surface area contributed by atoms with Crippen LogP contribution in [0, 0.1) is 11.3 Å². The van der Waals surface area contributed by atoms with Crippen LogP contribution in [0.4, 0.5) is 9.59 Å². The van der Waals surface area contributed by atoms with Crippen LogP contribution >= 0.6 is 0 Å². The van der Waals surface area contributed by atoms with Crippen LogP contribution < -0.4 is 43.8 Å². The van der Waals surface area contributed by atoms with E-state index in [0.29, 0.717) is 30.7 Å². The minimum Gasteiger partial charge on any atom is -0.465 e. The van der Waals surface area contributed by atoms with E-state index in [2.05, 4.69) is 31.6 Å². The molecule has 2 bridgehead atoms. The van der Waals surface area contributed by atoms with Gasteiger partial charge in [0, 0.05) is 19.5 Å². The number of rotatable bonds is 23. The van der Waals surface area contributed by atoms with Crippen LogP contribution in [0.15, 0.2) is 65.7 Å². The number of unbranched alkanes of at least 4 members (excludes halogenated alkanes) is 1. The molecule has 0 saturated heterocycles. The van der Waals surface area contributed by atoms with Crippen LogP contribution in [-0.2, 0) is 36.9 Å². The second kappa shape index (κ2) is 20.5. The molecule has 0 aliphatic heterocycles. The highest BCUT2D eigenvalue weighted by molar-refractivity contribution is 5.95. The summed E-state index contributed by atoms with van der Waals surface area (Å²) in [6, 6.07) is 13.6. The Hall–Kier alpha value is -5.87. The third-order valence-corrected chi connectivity index (χ3v) is 9.97. The molecule has 0 spiro atoms. The lowest BCUT2D eigenvalue weighted by atomic mass is 9.43. The maximum Gasteiger partial charge on any atom is 0.407 e.